The monoisotopic (exact) mass is 226 g/mol. The first-order valence-corrected chi connectivity index (χ1v) is 5.24. The van der Waals surface area contributed by atoms with Gasteiger partial charge in [-0.1, -0.05) is 48.5 Å². The van der Waals surface area contributed by atoms with Gasteiger partial charge in [0.2, 0.25) is 0 Å². The highest BCUT2D eigenvalue weighted by molar-refractivity contribution is 6.21. The van der Waals surface area contributed by atoms with Gasteiger partial charge in [-0.05, 0) is 11.1 Å². The van der Waals surface area contributed by atoms with Crippen LogP contribution in [0.25, 0.3) is 11.1 Å². The molecule has 0 saturated carbocycles. The number of benzene rings is 2. The molecule has 0 radical (unpaired) electrons. The fourth-order valence-corrected chi connectivity index (χ4v) is 1.98. The molecule has 0 bridgehead atoms. The SMILES string of the molecule is O=C1c2ccccc2-c2ccccc21.OBO. The minimum atomic E-state index is -0.750. The van der Waals surface area contributed by atoms with Crippen LogP contribution in [0.1, 0.15) is 15.9 Å². The van der Waals surface area contributed by atoms with Gasteiger partial charge in [-0.25, -0.2) is 0 Å². The van der Waals surface area contributed by atoms with Crippen LogP contribution in [-0.4, -0.2) is 23.5 Å². The first kappa shape index (κ1) is 11.6. The van der Waals surface area contributed by atoms with Gasteiger partial charge in [-0.2, -0.15) is 0 Å². The zero-order valence-electron chi connectivity index (χ0n) is 9.13. The molecular weight excluding hydrogens is 215 g/mol. The number of ketones is 1. The fraction of sp³-hybridized carbons (Fsp3) is 0. The van der Waals surface area contributed by atoms with E-state index in [9.17, 15) is 4.79 Å². The van der Waals surface area contributed by atoms with Crippen molar-refractivity contribution in [2.45, 2.75) is 0 Å². The molecule has 0 unspecified atom stereocenters. The number of fused-ring (bicyclic) bond motifs is 3. The maximum Gasteiger partial charge on any atom is 0.432 e. The van der Waals surface area contributed by atoms with Gasteiger partial charge >= 0.3 is 7.69 Å². The fourth-order valence-electron chi connectivity index (χ4n) is 1.98. The van der Waals surface area contributed by atoms with Crippen molar-refractivity contribution >= 4 is 13.5 Å². The molecule has 3 rings (SSSR count). The van der Waals surface area contributed by atoms with Crippen LogP contribution in [0.5, 0.6) is 0 Å². The lowest BCUT2D eigenvalue weighted by molar-refractivity contribution is 0.104. The van der Waals surface area contributed by atoms with Crippen LogP contribution in [0.4, 0.5) is 0 Å². The molecule has 1 aliphatic rings. The van der Waals surface area contributed by atoms with Crippen molar-refractivity contribution in [2.24, 2.45) is 0 Å². The Morgan fingerprint density at radius 1 is 0.706 bits per heavy atom. The third-order valence-corrected chi connectivity index (χ3v) is 2.63. The zero-order valence-corrected chi connectivity index (χ0v) is 9.13. The van der Waals surface area contributed by atoms with Crippen molar-refractivity contribution in [3.05, 3.63) is 59.7 Å². The molecule has 1 aliphatic carbocycles. The van der Waals surface area contributed by atoms with E-state index < -0.39 is 7.69 Å². The van der Waals surface area contributed by atoms with Gasteiger partial charge in [0.25, 0.3) is 0 Å². The summed E-state index contributed by atoms with van der Waals surface area (Å²) in [7, 11) is -0.750. The number of rotatable bonds is 0. The van der Waals surface area contributed by atoms with E-state index in [2.05, 4.69) is 0 Å². The molecular formula is C13H11BO3. The minimum absolute atomic E-state index is 0.149. The molecule has 2 aromatic rings. The Morgan fingerprint density at radius 2 is 1.00 bits per heavy atom. The van der Waals surface area contributed by atoms with Gasteiger partial charge in [0.15, 0.2) is 5.78 Å². The summed E-state index contributed by atoms with van der Waals surface area (Å²) in [4.78, 5) is 11.9. The van der Waals surface area contributed by atoms with Gasteiger partial charge in [-0.3, -0.25) is 4.79 Å². The second-order valence-corrected chi connectivity index (χ2v) is 3.56. The number of carbonyl (C=O) groups excluding carboxylic acids is 1. The van der Waals surface area contributed by atoms with E-state index >= 15 is 0 Å². The molecule has 84 valence electrons. The van der Waals surface area contributed by atoms with Crippen molar-refractivity contribution in [2.75, 3.05) is 0 Å². The lowest BCUT2D eigenvalue weighted by Crippen LogP contribution is -1.93. The Bertz CT molecular complexity index is 504. The molecule has 0 aromatic heterocycles. The second kappa shape index (κ2) is 4.95. The van der Waals surface area contributed by atoms with Crippen molar-refractivity contribution in [1.29, 1.82) is 0 Å². The Hall–Kier alpha value is -1.91. The molecule has 4 heteroatoms. The average Bonchev–Trinajstić information content (AvgIpc) is 2.66. The maximum absolute atomic E-state index is 11.9. The Morgan fingerprint density at radius 3 is 1.35 bits per heavy atom. The summed E-state index contributed by atoms with van der Waals surface area (Å²) in [6, 6.07) is 15.5. The van der Waals surface area contributed by atoms with Crippen molar-refractivity contribution < 1.29 is 14.8 Å². The van der Waals surface area contributed by atoms with E-state index in [1.165, 1.54) is 0 Å². The number of carbonyl (C=O) groups is 1. The molecule has 0 heterocycles. The van der Waals surface area contributed by atoms with E-state index in [0.717, 1.165) is 22.3 Å². The maximum atomic E-state index is 11.9. The third kappa shape index (κ3) is 2.00. The first-order valence-electron chi connectivity index (χ1n) is 5.24. The van der Waals surface area contributed by atoms with Crippen molar-refractivity contribution in [3.8, 4) is 11.1 Å². The standard InChI is InChI=1S/C13H8O.BH3O2/c14-13-11-7-3-1-5-9(11)10-6-2-4-8-12(10)13;2-1-3/h1-8H;1-3H. The average molecular weight is 226 g/mol. The minimum Gasteiger partial charge on any atom is -0.430 e. The molecule has 17 heavy (non-hydrogen) atoms. The molecule has 0 atom stereocenters. The van der Waals surface area contributed by atoms with Gasteiger partial charge < -0.3 is 10.0 Å². The van der Waals surface area contributed by atoms with Crippen LogP contribution < -0.4 is 0 Å². The Kier molecular flexibility index (Phi) is 3.37. The van der Waals surface area contributed by atoms with Crippen LogP contribution in [0.2, 0.25) is 0 Å². The van der Waals surface area contributed by atoms with Crippen LogP contribution >= 0.6 is 0 Å². The van der Waals surface area contributed by atoms with E-state index in [-0.39, 0.29) is 5.78 Å². The van der Waals surface area contributed by atoms with Crippen molar-refractivity contribution in [1.82, 2.24) is 0 Å². The van der Waals surface area contributed by atoms with Crippen LogP contribution in [-0.2, 0) is 0 Å². The molecule has 2 aromatic carbocycles. The van der Waals surface area contributed by atoms with Crippen LogP contribution in [0.15, 0.2) is 48.5 Å². The Balaban J connectivity index is 0.000000329. The van der Waals surface area contributed by atoms with Gasteiger partial charge in [0.1, 0.15) is 0 Å². The van der Waals surface area contributed by atoms with E-state index in [4.69, 9.17) is 10.0 Å². The highest BCUT2D eigenvalue weighted by Gasteiger charge is 2.24. The smallest absolute Gasteiger partial charge is 0.430 e. The summed E-state index contributed by atoms with van der Waals surface area (Å²) in [5.74, 6) is 0.149. The molecule has 3 nitrogen and oxygen atoms in total. The van der Waals surface area contributed by atoms with E-state index in [1.54, 1.807) is 0 Å². The summed E-state index contributed by atoms with van der Waals surface area (Å²) in [5, 5.41) is 14.2. The van der Waals surface area contributed by atoms with E-state index in [1.807, 2.05) is 48.5 Å². The third-order valence-electron chi connectivity index (χ3n) is 2.63. The molecule has 0 fully saturated rings. The summed E-state index contributed by atoms with van der Waals surface area (Å²) < 4.78 is 0. The predicted octanol–water partition coefficient (Wildman–Crippen LogP) is 1.14. The normalized spacial score (nSPS) is 11.1. The summed E-state index contributed by atoms with van der Waals surface area (Å²) in [6.07, 6.45) is 0. The summed E-state index contributed by atoms with van der Waals surface area (Å²) >= 11 is 0. The quantitative estimate of drug-likeness (QED) is 0.565. The Labute approximate surface area is 99.7 Å². The second-order valence-electron chi connectivity index (χ2n) is 3.56. The summed E-state index contributed by atoms with van der Waals surface area (Å²) in [6.45, 7) is 0. The number of hydrogen-bond acceptors (Lipinski definition) is 3. The first-order chi connectivity index (χ1) is 8.29. The molecule has 0 spiro atoms. The molecule has 0 aliphatic heterocycles. The van der Waals surface area contributed by atoms with Gasteiger partial charge in [-0.15, -0.1) is 0 Å². The highest BCUT2D eigenvalue weighted by atomic mass is 16.4. The highest BCUT2D eigenvalue weighted by Crippen LogP contribution is 2.35. The lowest BCUT2D eigenvalue weighted by atomic mass is 10.1. The van der Waals surface area contributed by atoms with Crippen LogP contribution in [0.3, 0.4) is 0 Å². The predicted molar refractivity (Wildman–Crippen MR) is 66.9 cm³/mol. The molecule has 0 saturated heterocycles. The van der Waals surface area contributed by atoms with Crippen LogP contribution in [0, 0.1) is 0 Å². The lowest BCUT2D eigenvalue weighted by Gasteiger charge is -1.96. The topological polar surface area (TPSA) is 57.5 Å². The molecule has 2 N–H and O–H groups in total. The largest absolute Gasteiger partial charge is 0.432 e. The van der Waals surface area contributed by atoms with Crippen molar-refractivity contribution in [3.63, 3.8) is 0 Å². The molecule has 0 amide bonds. The summed E-state index contributed by atoms with van der Waals surface area (Å²) in [5.41, 5.74) is 3.78. The zero-order chi connectivity index (χ0) is 12.3. The van der Waals surface area contributed by atoms with Gasteiger partial charge in [0.05, 0.1) is 0 Å². The van der Waals surface area contributed by atoms with Gasteiger partial charge in [0, 0.05) is 11.1 Å². The number of hydrogen-bond donors (Lipinski definition) is 2. The van der Waals surface area contributed by atoms with E-state index in [0.29, 0.717) is 0 Å².